The molecule has 0 fully saturated rings. The number of carbonyl (C=O) groups is 2. The third kappa shape index (κ3) is 4.66. The number of carbonyl (C=O) groups excluding carboxylic acids is 2. The number of H-pyrrole nitrogens is 1. The van der Waals surface area contributed by atoms with Crippen LogP contribution in [0.4, 0.5) is 0 Å². The molecule has 0 saturated carbocycles. The zero-order chi connectivity index (χ0) is 21.8. The Morgan fingerprint density at radius 2 is 1.87 bits per heavy atom. The molecule has 0 saturated heterocycles. The number of imidazole rings is 1. The molecule has 3 N–H and O–H groups in total. The second-order valence-electron chi connectivity index (χ2n) is 7.61. The summed E-state index contributed by atoms with van der Waals surface area (Å²) in [6.45, 7) is 3.36. The first-order valence-corrected chi connectivity index (χ1v) is 10.2. The number of nitrogens with zero attached hydrogens (tertiary/aromatic N) is 2. The highest BCUT2D eigenvalue weighted by Gasteiger charge is 2.23. The average Bonchev–Trinajstić information content (AvgIpc) is 3.44. The molecule has 0 aliphatic heterocycles. The number of para-hydroxylation sites is 1. The van der Waals surface area contributed by atoms with Gasteiger partial charge < -0.3 is 20.2 Å². The van der Waals surface area contributed by atoms with Crippen molar-refractivity contribution in [2.45, 2.75) is 32.4 Å². The van der Waals surface area contributed by atoms with Crippen molar-refractivity contribution < 1.29 is 9.59 Å². The normalized spacial score (nSPS) is 13.0. The molecule has 7 heteroatoms. The number of fused-ring (bicyclic) bond motifs is 1. The van der Waals surface area contributed by atoms with Crippen molar-refractivity contribution in [3.63, 3.8) is 0 Å². The van der Waals surface area contributed by atoms with E-state index in [0.717, 1.165) is 27.7 Å². The first-order chi connectivity index (χ1) is 15.0. The summed E-state index contributed by atoms with van der Waals surface area (Å²) in [5, 5.41) is 6.88. The van der Waals surface area contributed by atoms with E-state index in [1.54, 1.807) is 12.5 Å². The Labute approximate surface area is 180 Å². The van der Waals surface area contributed by atoms with Gasteiger partial charge in [0.25, 0.3) is 0 Å². The molecule has 2 amide bonds. The molecule has 4 rings (SSSR count). The first-order valence-electron chi connectivity index (χ1n) is 10.2. The molecule has 31 heavy (non-hydrogen) atoms. The van der Waals surface area contributed by atoms with Crippen molar-refractivity contribution in [1.82, 2.24) is 25.2 Å². The van der Waals surface area contributed by atoms with Crippen molar-refractivity contribution >= 4 is 22.7 Å². The molecular weight excluding hydrogens is 390 g/mol. The van der Waals surface area contributed by atoms with Gasteiger partial charge in [-0.2, -0.15) is 0 Å². The summed E-state index contributed by atoms with van der Waals surface area (Å²) in [5.41, 5.74) is 3.97. The number of hydrogen-bond acceptors (Lipinski definition) is 3. The number of amides is 2. The smallest absolute Gasteiger partial charge is 0.243 e. The predicted octanol–water partition coefficient (Wildman–Crippen LogP) is 3.28. The maximum Gasteiger partial charge on any atom is 0.243 e. The quantitative estimate of drug-likeness (QED) is 0.433. The fourth-order valence-electron chi connectivity index (χ4n) is 3.72. The molecule has 4 aromatic rings. The van der Waals surface area contributed by atoms with Crippen LogP contribution in [0, 0.1) is 0 Å². The lowest BCUT2D eigenvalue weighted by Gasteiger charge is -2.21. The summed E-state index contributed by atoms with van der Waals surface area (Å²) in [6, 6.07) is 15.0. The summed E-state index contributed by atoms with van der Waals surface area (Å²) in [7, 11) is 0. The maximum absolute atomic E-state index is 13.0. The Morgan fingerprint density at radius 3 is 2.58 bits per heavy atom. The topological polar surface area (TPSA) is 91.8 Å². The number of nitrogens with one attached hydrogen (secondary N) is 3. The molecule has 0 radical (unpaired) electrons. The van der Waals surface area contributed by atoms with Gasteiger partial charge in [-0.3, -0.25) is 9.59 Å². The Morgan fingerprint density at radius 1 is 1.10 bits per heavy atom. The third-order valence-electron chi connectivity index (χ3n) is 5.35. The molecule has 2 aromatic heterocycles. The van der Waals surface area contributed by atoms with E-state index < -0.39 is 6.04 Å². The van der Waals surface area contributed by atoms with Gasteiger partial charge >= 0.3 is 0 Å². The zero-order valence-electron chi connectivity index (χ0n) is 17.5. The van der Waals surface area contributed by atoms with E-state index in [0.29, 0.717) is 6.42 Å². The van der Waals surface area contributed by atoms with Crippen LogP contribution in [0.1, 0.15) is 31.0 Å². The van der Waals surface area contributed by atoms with Gasteiger partial charge in [0.15, 0.2) is 0 Å². The maximum atomic E-state index is 13.0. The van der Waals surface area contributed by atoms with Crippen LogP contribution >= 0.6 is 0 Å². The van der Waals surface area contributed by atoms with E-state index in [2.05, 4.69) is 20.6 Å². The Kier molecular flexibility index (Phi) is 5.84. The van der Waals surface area contributed by atoms with Crippen molar-refractivity contribution in [2.24, 2.45) is 0 Å². The van der Waals surface area contributed by atoms with Gasteiger partial charge in [-0.05, 0) is 36.2 Å². The molecule has 0 unspecified atom stereocenters. The number of hydrogen-bond donors (Lipinski definition) is 3. The number of aromatic nitrogens is 3. The average molecular weight is 415 g/mol. The highest BCUT2D eigenvalue weighted by molar-refractivity contribution is 5.89. The van der Waals surface area contributed by atoms with Gasteiger partial charge in [-0.25, -0.2) is 4.98 Å². The predicted molar refractivity (Wildman–Crippen MR) is 120 cm³/mol. The molecular formula is C24H25N5O2. The lowest BCUT2D eigenvalue weighted by Crippen LogP contribution is -2.47. The van der Waals surface area contributed by atoms with Crippen molar-refractivity contribution in [1.29, 1.82) is 0 Å². The van der Waals surface area contributed by atoms with E-state index in [1.165, 1.54) is 6.92 Å². The van der Waals surface area contributed by atoms with E-state index in [4.69, 9.17) is 0 Å². The summed E-state index contributed by atoms with van der Waals surface area (Å²) in [6.07, 6.45) is 7.64. The fourth-order valence-corrected chi connectivity index (χ4v) is 3.72. The number of aromatic amines is 1. The van der Waals surface area contributed by atoms with Crippen molar-refractivity contribution in [3.05, 3.63) is 84.6 Å². The number of rotatable bonds is 7. The standard InChI is InChI=1S/C24H25N5O2/c1-16(18-7-9-20(10-8-18)29-12-11-25-15-29)27-24(31)23(28-17(2)30)13-19-14-26-22-6-4-3-5-21(19)22/h3-12,14-16,23,26H,13H2,1-2H3,(H,27,31)(H,28,30)/t16-,23+/m1/s1. The van der Waals surface area contributed by atoms with Gasteiger partial charge in [-0.15, -0.1) is 0 Å². The summed E-state index contributed by atoms with van der Waals surface area (Å²) < 4.78 is 1.92. The van der Waals surface area contributed by atoms with Crippen LogP contribution in [0.2, 0.25) is 0 Å². The van der Waals surface area contributed by atoms with E-state index in [9.17, 15) is 9.59 Å². The van der Waals surface area contributed by atoms with Crippen LogP contribution in [-0.4, -0.2) is 32.4 Å². The first kappa shape index (κ1) is 20.4. The van der Waals surface area contributed by atoms with Crippen LogP contribution in [0.3, 0.4) is 0 Å². The molecule has 7 nitrogen and oxygen atoms in total. The minimum absolute atomic E-state index is 0.205. The largest absolute Gasteiger partial charge is 0.361 e. The third-order valence-corrected chi connectivity index (χ3v) is 5.35. The molecule has 2 heterocycles. The fraction of sp³-hybridized carbons (Fsp3) is 0.208. The van der Waals surface area contributed by atoms with Crippen LogP contribution < -0.4 is 10.6 Å². The summed E-state index contributed by atoms with van der Waals surface area (Å²) >= 11 is 0. The van der Waals surface area contributed by atoms with Crippen LogP contribution in [0.25, 0.3) is 16.6 Å². The second-order valence-corrected chi connectivity index (χ2v) is 7.61. The van der Waals surface area contributed by atoms with Gasteiger partial charge in [-0.1, -0.05) is 30.3 Å². The zero-order valence-corrected chi connectivity index (χ0v) is 17.5. The molecule has 0 bridgehead atoms. The number of benzene rings is 2. The lowest BCUT2D eigenvalue weighted by molar-refractivity contribution is -0.128. The van der Waals surface area contributed by atoms with Crippen LogP contribution in [0.5, 0.6) is 0 Å². The van der Waals surface area contributed by atoms with Crippen LogP contribution in [-0.2, 0) is 16.0 Å². The molecule has 0 aliphatic rings. The Bertz CT molecular complexity index is 1180. The molecule has 2 atom stereocenters. The lowest BCUT2D eigenvalue weighted by atomic mass is 10.0. The van der Waals surface area contributed by atoms with Crippen molar-refractivity contribution in [3.8, 4) is 5.69 Å². The molecule has 158 valence electrons. The second kappa shape index (κ2) is 8.87. The van der Waals surface area contributed by atoms with E-state index >= 15 is 0 Å². The van der Waals surface area contributed by atoms with Gasteiger partial charge in [0, 0.05) is 48.5 Å². The summed E-state index contributed by atoms with van der Waals surface area (Å²) in [5.74, 6) is -0.455. The molecule has 0 aliphatic carbocycles. The van der Waals surface area contributed by atoms with E-state index in [-0.39, 0.29) is 17.9 Å². The van der Waals surface area contributed by atoms with Gasteiger partial charge in [0.2, 0.25) is 11.8 Å². The molecule has 0 spiro atoms. The van der Waals surface area contributed by atoms with Gasteiger partial charge in [0.05, 0.1) is 12.4 Å². The monoisotopic (exact) mass is 415 g/mol. The van der Waals surface area contributed by atoms with E-state index in [1.807, 2.05) is 72.4 Å². The highest BCUT2D eigenvalue weighted by Crippen LogP contribution is 2.20. The minimum Gasteiger partial charge on any atom is -0.361 e. The van der Waals surface area contributed by atoms with Crippen LogP contribution in [0.15, 0.2) is 73.4 Å². The Balaban J connectivity index is 1.47. The van der Waals surface area contributed by atoms with Gasteiger partial charge in [0.1, 0.15) is 6.04 Å². The highest BCUT2D eigenvalue weighted by atomic mass is 16.2. The minimum atomic E-state index is -0.663. The summed E-state index contributed by atoms with van der Waals surface area (Å²) in [4.78, 5) is 32.1. The Hall–Kier alpha value is -3.87. The molecule has 2 aromatic carbocycles. The van der Waals surface area contributed by atoms with Crippen molar-refractivity contribution in [2.75, 3.05) is 0 Å². The SMILES string of the molecule is CC(=O)N[C@@H](Cc1c[nH]c2ccccc12)C(=O)N[C@H](C)c1ccc(-n2ccnc2)cc1.